The zero-order valence-electron chi connectivity index (χ0n) is 9.17. The van der Waals surface area contributed by atoms with Gasteiger partial charge in [-0.3, -0.25) is 0 Å². The molecule has 1 N–H and O–H groups in total. The minimum absolute atomic E-state index is 0.692. The second kappa shape index (κ2) is 3.52. The van der Waals surface area contributed by atoms with Crippen molar-refractivity contribution in [3.63, 3.8) is 0 Å². The second-order valence-corrected chi connectivity index (χ2v) is 3.97. The fourth-order valence-electron chi connectivity index (χ4n) is 2.25. The fraction of sp³-hybridized carbons (Fsp3) is 0.500. The van der Waals surface area contributed by atoms with Crippen molar-refractivity contribution in [1.29, 1.82) is 0 Å². The van der Waals surface area contributed by atoms with Crippen LogP contribution in [0, 0.1) is 0 Å². The molecule has 0 aromatic heterocycles. The maximum Gasteiger partial charge on any atom is 0.0401 e. The Kier molecular flexibility index (Phi) is 2.36. The Labute approximate surface area is 85.9 Å². The van der Waals surface area contributed by atoms with Gasteiger partial charge in [-0.2, -0.15) is 0 Å². The Morgan fingerprint density at radius 1 is 1.50 bits per heavy atom. The molecule has 2 nitrogen and oxygen atoms in total. The van der Waals surface area contributed by atoms with Crippen LogP contribution in [0.5, 0.6) is 0 Å². The third-order valence-corrected chi connectivity index (χ3v) is 3.22. The maximum atomic E-state index is 3.19. The van der Waals surface area contributed by atoms with E-state index < -0.39 is 0 Å². The lowest BCUT2D eigenvalue weighted by atomic mass is 10.1. The molecule has 0 saturated carbocycles. The van der Waals surface area contributed by atoms with Crippen molar-refractivity contribution in [2.75, 3.05) is 24.3 Å². The SMILES string of the molecule is CCC1Cc2cc(NC)ccc2N1C. The van der Waals surface area contributed by atoms with Crippen LogP contribution in [0.25, 0.3) is 0 Å². The third kappa shape index (κ3) is 1.35. The number of hydrogen-bond donors (Lipinski definition) is 1. The first kappa shape index (κ1) is 9.38. The second-order valence-electron chi connectivity index (χ2n) is 3.97. The highest BCUT2D eigenvalue weighted by atomic mass is 15.2. The van der Waals surface area contributed by atoms with E-state index in [4.69, 9.17) is 0 Å². The summed E-state index contributed by atoms with van der Waals surface area (Å²) in [6.45, 7) is 2.26. The Hall–Kier alpha value is -1.18. The first-order valence-electron chi connectivity index (χ1n) is 5.29. The van der Waals surface area contributed by atoms with E-state index in [1.54, 1.807) is 0 Å². The van der Waals surface area contributed by atoms with Gasteiger partial charge in [-0.25, -0.2) is 0 Å². The van der Waals surface area contributed by atoms with Crippen LogP contribution in [0.2, 0.25) is 0 Å². The van der Waals surface area contributed by atoms with Gasteiger partial charge in [-0.1, -0.05) is 6.92 Å². The van der Waals surface area contributed by atoms with Crippen molar-refractivity contribution in [1.82, 2.24) is 0 Å². The van der Waals surface area contributed by atoms with E-state index in [-0.39, 0.29) is 0 Å². The lowest BCUT2D eigenvalue weighted by molar-refractivity contribution is 0.643. The Bertz CT molecular complexity index is 333. The van der Waals surface area contributed by atoms with Crippen molar-refractivity contribution < 1.29 is 0 Å². The summed E-state index contributed by atoms with van der Waals surface area (Å²) >= 11 is 0. The number of rotatable bonds is 2. The molecule has 0 spiro atoms. The van der Waals surface area contributed by atoms with Gasteiger partial charge in [0.25, 0.3) is 0 Å². The van der Waals surface area contributed by atoms with Crippen molar-refractivity contribution in [2.45, 2.75) is 25.8 Å². The lowest BCUT2D eigenvalue weighted by Crippen LogP contribution is -2.26. The highest BCUT2D eigenvalue weighted by Gasteiger charge is 2.24. The standard InChI is InChI=1S/C12H18N2/c1-4-11-8-9-7-10(13-2)5-6-12(9)14(11)3/h5-7,11,13H,4,8H2,1-3H3. The minimum atomic E-state index is 0.692. The van der Waals surface area contributed by atoms with Crippen molar-refractivity contribution in [2.24, 2.45) is 0 Å². The number of nitrogens with one attached hydrogen (secondary N) is 1. The molecule has 14 heavy (non-hydrogen) atoms. The van der Waals surface area contributed by atoms with Crippen LogP contribution < -0.4 is 10.2 Å². The molecule has 1 atom stereocenters. The Morgan fingerprint density at radius 3 is 2.93 bits per heavy atom. The molecule has 2 rings (SSSR count). The molecule has 0 saturated heterocycles. The van der Waals surface area contributed by atoms with E-state index in [0.29, 0.717) is 6.04 Å². The molecular formula is C12H18N2. The molecule has 0 aliphatic carbocycles. The highest BCUT2D eigenvalue weighted by molar-refractivity contribution is 5.64. The van der Waals surface area contributed by atoms with Gasteiger partial charge < -0.3 is 10.2 Å². The number of nitrogens with zero attached hydrogens (tertiary/aromatic N) is 1. The molecule has 1 aliphatic heterocycles. The number of likely N-dealkylation sites (N-methyl/N-ethyl adjacent to an activating group) is 1. The summed E-state index contributed by atoms with van der Waals surface area (Å²) < 4.78 is 0. The third-order valence-electron chi connectivity index (χ3n) is 3.22. The van der Waals surface area contributed by atoms with Crippen LogP contribution in [0.4, 0.5) is 11.4 Å². The molecule has 0 bridgehead atoms. The van der Waals surface area contributed by atoms with Crippen LogP contribution >= 0.6 is 0 Å². The number of hydrogen-bond acceptors (Lipinski definition) is 2. The monoisotopic (exact) mass is 190 g/mol. The largest absolute Gasteiger partial charge is 0.388 e. The topological polar surface area (TPSA) is 15.3 Å². The molecule has 0 amide bonds. The molecule has 1 heterocycles. The van der Waals surface area contributed by atoms with E-state index in [1.807, 2.05) is 7.05 Å². The normalized spacial score (nSPS) is 19.6. The van der Waals surface area contributed by atoms with E-state index in [2.05, 4.69) is 42.4 Å². The molecule has 1 aliphatic rings. The van der Waals surface area contributed by atoms with Gasteiger partial charge in [0.2, 0.25) is 0 Å². The average Bonchev–Trinajstić information content (AvgIpc) is 2.55. The molecule has 1 aromatic carbocycles. The zero-order valence-corrected chi connectivity index (χ0v) is 9.17. The first-order chi connectivity index (χ1) is 6.76. The molecule has 0 fully saturated rings. The Morgan fingerprint density at radius 2 is 2.29 bits per heavy atom. The number of anilines is 2. The summed E-state index contributed by atoms with van der Waals surface area (Å²) in [6, 6.07) is 7.32. The van der Waals surface area contributed by atoms with Crippen LogP contribution in [0.1, 0.15) is 18.9 Å². The molecule has 2 heteroatoms. The number of fused-ring (bicyclic) bond motifs is 1. The van der Waals surface area contributed by atoms with E-state index in [0.717, 1.165) is 0 Å². The average molecular weight is 190 g/mol. The van der Waals surface area contributed by atoms with Crippen LogP contribution in [0.3, 0.4) is 0 Å². The van der Waals surface area contributed by atoms with Crippen molar-refractivity contribution in [3.8, 4) is 0 Å². The van der Waals surface area contributed by atoms with E-state index in [9.17, 15) is 0 Å². The summed E-state index contributed by atoms with van der Waals surface area (Å²) in [5.41, 5.74) is 4.09. The van der Waals surface area contributed by atoms with Gasteiger partial charge in [0.1, 0.15) is 0 Å². The van der Waals surface area contributed by atoms with Crippen LogP contribution in [-0.4, -0.2) is 20.1 Å². The van der Waals surface area contributed by atoms with E-state index >= 15 is 0 Å². The predicted octanol–water partition coefficient (Wildman–Crippen LogP) is 2.50. The number of benzene rings is 1. The summed E-state index contributed by atoms with van der Waals surface area (Å²) in [5, 5.41) is 3.19. The molecule has 0 radical (unpaired) electrons. The maximum absolute atomic E-state index is 3.19. The lowest BCUT2D eigenvalue weighted by Gasteiger charge is -2.20. The van der Waals surface area contributed by atoms with E-state index in [1.165, 1.54) is 29.8 Å². The fourth-order valence-corrected chi connectivity index (χ4v) is 2.25. The minimum Gasteiger partial charge on any atom is -0.388 e. The molecular weight excluding hydrogens is 172 g/mol. The van der Waals surface area contributed by atoms with Gasteiger partial charge in [0, 0.05) is 31.5 Å². The molecule has 76 valence electrons. The smallest absolute Gasteiger partial charge is 0.0401 e. The Balaban J connectivity index is 2.34. The molecule has 1 aromatic rings. The first-order valence-corrected chi connectivity index (χ1v) is 5.29. The molecule has 1 unspecified atom stereocenters. The zero-order chi connectivity index (χ0) is 10.1. The van der Waals surface area contributed by atoms with Crippen molar-refractivity contribution in [3.05, 3.63) is 23.8 Å². The van der Waals surface area contributed by atoms with Crippen LogP contribution in [-0.2, 0) is 6.42 Å². The van der Waals surface area contributed by atoms with Crippen LogP contribution in [0.15, 0.2) is 18.2 Å². The summed E-state index contributed by atoms with van der Waals surface area (Å²) in [7, 11) is 4.16. The summed E-state index contributed by atoms with van der Waals surface area (Å²) in [5.74, 6) is 0. The van der Waals surface area contributed by atoms with Crippen molar-refractivity contribution >= 4 is 11.4 Å². The predicted molar refractivity (Wildman–Crippen MR) is 62.2 cm³/mol. The van der Waals surface area contributed by atoms with Gasteiger partial charge in [0.15, 0.2) is 0 Å². The van der Waals surface area contributed by atoms with Gasteiger partial charge >= 0.3 is 0 Å². The summed E-state index contributed by atoms with van der Waals surface area (Å²) in [6.07, 6.45) is 2.41. The van der Waals surface area contributed by atoms with Gasteiger partial charge in [-0.15, -0.1) is 0 Å². The quantitative estimate of drug-likeness (QED) is 0.770. The van der Waals surface area contributed by atoms with Gasteiger partial charge in [0.05, 0.1) is 0 Å². The van der Waals surface area contributed by atoms with Gasteiger partial charge in [-0.05, 0) is 36.6 Å². The summed E-state index contributed by atoms with van der Waals surface area (Å²) in [4.78, 5) is 2.40. The highest BCUT2D eigenvalue weighted by Crippen LogP contribution is 2.33.